The van der Waals surface area contributed by atoms with E-state index in [1.807, 2.05) is 0 Å². The van der Waals surface area contributed by atoms with E-state index in [2.05, 4.69) is 0 Å². The SMILES string of the molecule is COc1ccc(N2C(=O)/C(=C\c3ccc(O)cc3O)SC2=S)cc1. The summed E-state index contributed by atoms with van der Waals surface area (Å²) in [6.07, 6.45) is 1.55. The zero-order valence-corrected chi connectivity index (χ0v) is 14.2. The molecule has 1 aliphatic heterocycles. The smallest absolute Gasteiger partial charge is 0.270 e. The zero-order chi connectivity index (χ0) is 17.3. The average Bonchev–Trinajstić information content (AvgIpc) is 2.84. The molecule has 0 aromatic heterocycles. The average molecular weight is 359 g/mol. The maximum atomic E-state index is 12.6. The van der Waals surface area contributed by atoms with E-state index in [0.29, 0.717) is 26.2 Å². The van der Waals surface area contributed by atoms with Crippen LogP contribution in [0.2, 0.25) is 0 Å². The monoisotopic (exact) mass is 359 g/mol. The number of carbonyl (C=O) groups is 1. The molecule has 1 heterocycles. The molecule has 0 spiro atoms. The summed E-state index contributed by atoms with van der Waals surface area (Å²) in [6, 6.07) is 11.2. The molecule has 1 fully saturated rings. The van der Waals surface area contributed by atoms with Crippen LogP contribution >= 0.6 is 24.0 Å². The van der Waals surface area contributed by atoms with Gasteiger partial charge in [-0.3, -0.25) is 9.69 Å². The number of phenolic OH excluding ortho intramolecular Hbond substituents is 2. The van der Waals surface area contributed by atoms with Crippen molar-refractivity contribution >= 4 is 46.0 Å². The molecule has 1 aliphatic rings. The summed E-state index contributed by atoms with van der Waals surface area (Å²) in [5.41, 5.74) is 1.08. The van der Waals surface area contributed by atoms with Gasteiger partial charge in [-0.1, -0.05) is 24.0 Å². The van der Waals surface area contributed by atoms with Crippen LogP contribution in [0, 0.1) is 0 Å². The predicted octanol–water partition coefficient (Wildman–Crippen LogP) is 3.51. The Labute approximate surface area is 148 Å². The third-order valence-electron chi connectivity index (χ3n) is 3.42. The molecule has 5 nitrogen and oxygen atoms in total. The van der Waals surface area contributed by atoms with Crippen molar-refractivity contribution in [3.05, 3.63) is 52.9 Å². The number of methoxy groups -OCH3 is 1. The molecule has 2 N–H and O–H groups in total. The summed E-state index contributed by atoms with van der Waals surface area (Å²) in [5, 5.41) is 19.2. The zero-order valence-electron chi connectivity index (χ0n) is 12.6. The first kappa shape index (κ1) is 16.4. The van der Waals surface area contributed by atoms with E-state index in [9.17, 15) is 15.0 Å². The van der Waals surface area contributed by atoms with Gasteiger partial charge in [-0.2, -0.15) is 0 Å². The van der Waals surface area contributed by atoms with E-state index >= 15 is 0 Å². The number of rotatable bonds is 3. The topological polar surface area (TPSA) is 70.0 Å². The quantitative estimate of drug-likeness (QED) is 0.646. The van der Waals surface area contributed by atoms with Crippen LogP contribution < -0.4 is 9.64 Å². The van der Waals surface area contributed by atoms with Gasteiger partial charge in [0.15, 0.2) is 4.32 Å². The van der Waals surface area contributed by atoms with Crippen molar-refractivity contribution in [2.75, 3.05) is 12.0 Å². The van der Waals surface area contributed by atoms with E-state index in [-0.39, 0.29) is 17.4 Å². The third kappa shape index (κ3) is 3.08. The number of nitrogens with zero attached hydrogens (tertiary/aromatic N) is 1. The summed E-state index contributed by atoms with van der Waals surface area (Å²) in [5.74, 6) is 0.275. The van der Waals surface area contributed by atoms with Gasteiger partial charge in [0.1, 0.15) is 17.2 Å². The second-order valence-corrected chi connectivity index (χ2v) is 6.63. The molecule has 2 aromatic rings. The molecule has 3 rings (SSSR count). The number of anilines is 1. The first-order valence-corrected chi connectivity index (χ1v) is 8.16. The Morgan fingerprint density at radius 3 is 2.50 bits per heavy atom. The number of amides is 1. The second kappa shape index (κ2) is 6.54. The van der Waals surface area contributed by atoms with Crippen LogP contribution in [0.15, 0.2) is 47.4 Å². The minimum atomic E-state index is -0.261. The number of benzene rings is 2. The summed E-state index contributed by atoms with van der Waals surface area (Å²) in [7, 11) is 1.57. The second-order valence-electron chi connectivity index (χ2n) is 4.96. The molecule has 0 bridgehead atoms. The van der Waals surface area contributed by atoms with Crippen LogP contribution in [-0.4, -0.2) is 27.6 Å². The number of carbonyl (C=O) groups excluding carboxylic acids is 1. The molecule has 1 amide bonds. The fourth-order valence-corrected chi connectivity index (χ4v) is 3.51. The van der Waals surface area contributed by atoms with Gasteiger partial charge in [0.2, 0.25) is 0 Å². The lowest BCUT2D eigenvalue weighted by Crippen LogP contribution is -2.27. The molecular formula is C17H13NO4S2. The van der Waals surface area contributed by atoms with Gasteiger partial charge in [-0.25, -0.2) is 0 Å². The van der Waals surface area contributed by atoms with Crippen LogP contribution in [0.5, 0.6) is 17.2 Å². The van der Waals surface area contributed by atoms with Gasteiger partial charge < -0.3 is 14.9 Å². The first-order valence-electron chi connectivity index (χ1n) is 6.93. The van der Waals surface area contributed by atoms with Gasteiger partial charge in [-0.05, 0) is 42.5 Å². The molecule has 0 unspecified atom stereocenters. The Bertz CT molecular complexity index is 846. The predicted molar refractivity (Wildman–Crippen MR) is 98.4 cm³/mol. The van der Waals surface area contributed by atoms with Crippen LogP contribution in [0.3, 0.4) is 0 Å². The van der Waals surface area contributed by atoms with E-state index in [1.54, 1.807) is 37.5 Å². The minimum absolute atomic E-state index is 0.0459. The van der Waals surface area contributed by atoms with Crippen molar-refractivity contribution in [3.63, 3.8) is 0 Å². The van der Waals surface area contributed by atoms with E-state index < -0.39 is 0 Å². The molecule has 122 valence electrons. The Hall–Kier alpha value is -2.51. The summed E-state index contributed by atoms with van der Waals surface area (Å²) >= 11 is 6.46. The van der Waals surface area contributed by atoms with Gasteiger partial charge in [-0.15, -0.1) is 0 Å². The van der Waals surface area contributed by atoms with E-state index in [1.165, 1.54) is 23.1 Å². The molecule has 24 heavy (non-hydrogen) atoms. The number of phenols is 2. The molecule has 0 saturated carbocycles. The Kier molecular flexibility index (Phi) is 4.46. The Morgan fingerprint density at radius 1 is 1.17 bits per heavy atom. The molecule has 2 aromatic carbocycles. The van der Waals surface area contributed by atoms with Gasteiger partial charge >= 0.3 is 0 Å². The van der Waals surface area contributed by atoms with Gasteiger partial charge in [0, 0.05) is 11.6 Å². The lowest BCUT2D eigenvalue weighted by molar-refractivity contribution is -0.113. The highest BCUT2D eigenvalue weighted by molar-refractivity contribution is 8.27. The third-order valence-corrected chi connectivity index (χ3v) is 4.73. The van der Waals surface area contributed by atoms with Crippen molar-refractivity contribution in [3.8, 4) is 17.2 Å². The van der Waals surface area contributed by atoms with Gasteiger partial charge in [0.05, 0.1) is 17.7 Å². The highest BCUT2D eigenvalue weighted by Crippen LogP contribution is 2.37. The Balaban J connectivity index is 1.92. The van der Waals surface area contributed by atoms with Crippen molar-refractivity contribution in [1.29, 1.82) is 0 Å². The van der Waals surface area contributed by atoms with Crippen molar-refractivity contribution < 1.29 is 19.7 Å². The lowest BCUT2D eigenvalue weighted by Gasteiger charge is -2.14. The number of thioether (sulfide) groups is 1. The minimum Gasteiger partial charge on any atom is -0.508 e. The number of hydrogen-bond acceptors (Lipinski definition) is 6. The van der Waals surface area contributed by atoms with Crippen molar-refractivity contribution in [2.45, 2.75) is 0 Å². The van der Waals surface area contributed by atoms with Crippen LogP contribution in [0.25, 0.3) is 6.08 Å². The number of hydrogen-bond donors (Lipinski definition) is 2. The largest absolute Gasteiger partial charge is 0.508 e. The highest BCUT2D eigenvalue weighted by Gasteiger charge is 2.33. The maximum absolute atomic E-state index is 12.6. The standard InChI is InChI=1S/C17H13NO4S2/c1-22-13-6-3-11(4-7-13)18-16(21)15(24-17(18)23)8-10-2-5-12(19)9-14(10)20/h2-9,19-20H,1H3/b15-8+. The molecule has 0 aliphatic carbocycles. The molecule has 0 radical (unpaired) electrons. The lowest BCUT2D eigenvalue weighted by atomic mass is 10.1. The van der Waals surface area contributed by atoms with Gasteiger partial charge in [0.25, 0.3) is 5.91 Å². The molecular weight excluding hydrogens is 346 g/mol. The molecule has 0 atom stereocenters. The highest BCUT2D eigenvalue weighted by atomic mass is 32.2. The normalized spacial score (nSPS) is 16.0. The maximum Gasteiger partial charge on any atom is 0.270 e. The van der Waals surface area contributed by atoms with Crippen LogP contribution in [-0.2, 0) is 4.79 Å². The van der Waals surface area contributed by atoms with E-state index in [4.69, 9.17) is 17.0 Å². The van der Waals surface area contributed by atoms with E-state index in [0.717, 1.165) is 11.8 Å². The van der Waals surface area contributed by atoms with Crippen LogP contribution in [0.4, 0.5) is 5.69 Å². The van der Waals surface area contributed by atoms with Crippen molar-refractivity contribution in [2.24, 2.45) is 0 Å². The molecule has 1 saturated heterocycles. The molecule has 7 heteroatoms. The number of ether oxygens (including phenoxy) is 1. The number of thiocarbonyl (C=S) groups is 1. The first-order chi connectivity index (χ1) is 11.5. The summed E-state index contributed by atoms with van der Waals surface area (Å²) in [6.45, 7) is 0. The summed E-state index contributed by atoms with van der Waals surface area (Å²) in [4.78, 5) is 14.5. The summed E-state index contributed by atoms with van der Waals surface area (Å²) < 4.78 is 5.52. The fourth-order valence-electron chi connectivity index (χ4n) is 2.22. The number of aromatic hydroxyl groups is 2. The Morgan fingerprint density at radius 2 is 1.88 bits per heavy atom. The van der Waals surface area contributed by atoms with Crippen LogP contribution in [0.1, 0.15) is 5.56 Å². The van der Waals surface area contributed by atoms with Crippen molar-refractivity contribution in [1.82, 2.24) is 0 Å². The fraction of sp³-hybridized carbons (Fsp3) is 0.0588.